The number of aromatic nitrogens is 5. The van der Waals surface area contributed by atoms with Gasteiger partial charge < -0.3 is 4.90 Å². The van der Waals surface area contributed by atoms with Crippen molar-refractivity contribution in [2.24, 2.45) is 0 Å². The Hall–Kier alpha value is -3.66. The molecule has 0 N–H and O–H groups in total. The monoisotopic (exact) mass is 443 g/mol. The minimum Gasteiger partial charge on any atom is -0.371 e. The number of imidazole rings is 1. The molecule has 1 aliphatic heterocycles. The van der Waals surface area contributed by atoms with E-state index >= 15 is 0 Å². The minimum absolute atomic E-state index is 0. The number of pyridine rings is 1. The number of benzene rings is 1. The predicted molar refractivity (Wildman–Crippen MR) is 134 cm³/mol. The first-order valence-corrected chi connectivity index (χ1v) is 11.4. The Balaban J connectivity index is 0.000000994. The Labute approximate surface area is 196 Å². The Bertz CT molecular complexity index is 1270. The van der Waals surface area contributed by atoms with E-state index in [1.807, 2.05) is 37.7 Å². The van der Waals surface area contributed by atoms with Crippen molar-refractivity contribution in [2.75, 3.05) is 18.0 Å². The van der Waals surface area contributed by atoms with Gasteiger partial charge in [0.25, 0.3) is 0 Å². The first-order valence-electron chi connectivity index (χ1n) is 11.4. The second kappa shape index (κ2) is 10.3. The quantitative estimate of drug-likeness (QED) is 0.410. The molecule has 4 aromatic rings. The lowest BCUT2D eigenvalue weighted by Crippen LogP contribution is -2.17. The fourth-order valence-corrected chi connectivity index (χ4v) is 4.16. The van der Waals surface area contributed by atoms with E-state index in [0.29, 0.717) is 5.69 Å². The topological polar surface area (TPSA) is 75.6 Å². The molecule has 1 aliphatic rings. The second-order valence-corrected chi connectivity index (χ2v) is 7.68. The molecule has 7 heteroatoms. The zero-order valence-electron chi connectivity index (χ0n) is 19.2. The highest BCUT2D eigenvalue weighted by molar-refractivity contribution is 5.81. The second-order valence-electron chi connectivity index (χ2n) is 7.68. The van der Waals surface area contributed by atoms with Crippen LogP contribution in [-0.4, -0.2) is 37.4 Å². The summed E-state index contributed by atoms with van der Waals surface area (Å²) in [4.78, 5) is 12.0. The molecule has 0 bridgehead atoms. The number of nitrogens with zero attached hydrogens (tertiary/aromatic N) is 7. The highest BCUT2D eigenvalue weighted by Gasteiger charge is 2.16. The average Bonchev–Trinajstić information content (AvgIpc) is 3.59. The van der Waals surface area contributed by atoms with E-state index in [4.69, 9.17) is 4.98 Å². The molecule has 1 saturated heterocycles. The van der Waals surface area contributed by atoms with Crippen LogP contribution in [0.25, 0.3) is 22.7 Å². The molecule has 1 aromatic carbocycles. The Morgan fingerprint density at radius 3 is 2.48 bits per heavy atom. The third-order valence-corrected chi connectivity index (χ3v) is 5.77. The summed E-state index contributed by atoms with van der Waals surface area (Å²) >= 11 is 0. The van der Waals surface area contributed by atoms with Crippen LogP contribution in [-0.2, 0) is 6.42 Å². The summed E-state index contributed by atoms with van der Waals surface area (Å²) in [6, 6.07) is 14.4. The predicted octanol–water partition coefficient (Wildman–Crippen LogP) is 5.61. The molecular weight excluding hydrogens is 410 g/mol. The first-order chi connectivity index (χ1) is 15.7. The van der Waals surface area contributed by atoms with Crippen LogP contribution in [0.4, 0.5) is 5.69 Å². The molecule has 0 radical (unpaired) electrons. The average molecular weight is 444 g/mol. The van der Waals surface area contributed by atoms with Crippen LogP contribution in [0, 0.1) is 18.3 Å². The van der Waals surface area contributed by atoms with Gasteiger partial charge in [-0.2, -0.15) is 10.4 Å². The fourth-order valence-electron chi connectivity index (χ4n) is 4.16. The summed E-state index contributed by atoms with van der Waals surface area (Å²) in [5.41, 5.74) is 5.58. The van der Waals surface area contributed by atoms with Gasteiger partial charge in [0.15, 0.2) is 11.5 Å². The summed E-state index contributed by atoms with van der Waals surface area (Å²) in [6.45, 7) is 10.3. The zero-order valence-corrected chi connectivity index (χ0v) is 19.2. The highest BCUT2D eigenvalue weighted by Crippen LogP contribution is 2.26. The van der Waals surface area contributed by atoms with Gasteiger partial charge in [0.1, 0.15) is 18.2 Å². The fraction of sp³-hybridized carbons (Fsp3) is 0.385. The minimum atomic E-state index is 0. The molecule has 172 valence electrons. The van der Waals surface area contributed by atoms with Crippen LogP contribution in [0.2, 0.25) is 0 Å². The van der Waals surface area contributed by atoms with Crippen LogP contribution >= 0.6 is 0 Å². The lowest BCUT2D eigenvalue weighted by Gasteiger charge is -2.17. The number of fused-ring (bicyclic) bond motifs is 1. The molecule has 0 saturated carbocycles. The number of hydrogen-bond acceptors (Lipinski definition) is 5. The van der Waals surface area contributed by atoms with Gasteiger partial charge in [0.05, 0.1) is 11.0 Å². The smallest absolute Gasteiger partial charge is 0.163 e. The summed E-state index contributed by atoms with van der Waals surface area (Å²) in [5, 5.41) is 13.6. The van der Waals surface area contributed by atoms with E-state index in [9.17, 15) is 5.26 Å². The molecular formula is C26H33N7. The molecule has 0 amide bonds. The lowest BCUT2D eigenvalue weighted by atomic mass is 10.2. The van der Waals surface area contributed by atoms with E-state index in [1.54, 1.807) is 10.7 Å². The van der Waals surface area contributed by atoms with Gasteiger partial charge in [0, 0.05) is 24.5 Å². The number of hydrogen-bond donors (Lipinski definition) is 0. The van der Waals surface area contributed by atoms with Gasteiger partial charge in [-0.05, 0) is 62.1 Å². The zero-order chi connectivity index (χ0) is 22.7. The molecule has 1 fully saturated rings. The van der Waals surface area contributed by atoms with Crippen LogP contribution in [0.3, 0.4) is 0 Å². The molecule has 0 unspecified atom stereocenters. The third-order valence-electron chi connectivity index (χ3n) is 5.77. The van der Waals surface area contributed by atoms with Crippen molar-refractivity contribution in [3.8, 4) is 17.7 Å². The standard InChI is InChI=1S/C23H23N7.C2H6.CH4/c1-3-17-6-9-22(26-23(17)30-16(2)12-18(14-24)27-30)29-15-25-20-13-19(7-8-21(20)29)28-10-4-5-11-28;1-2;/h6-9,12-13,15H,3-5,10-11H2,1-2H3;1-2H3;1H4. The molecule has 0 spiro atoms. The molecule has 3 aromatic heterocycles. The largest absolute Gasteiger partial charge is 0.371 e. The number of rotatable bonds is 4. The molecule has 7 nitrogen and oxygen atoms in total. The van der Waals surface area contributed by atoms with Gasteiger partial charge in [0.2, 0.25) is 0 Å². The van der Waals surface area contributed by atoms with Gasteiger partial charge in [-0.25, -0.2) is 14.6 Å². The Morgan fingerprint density at radius 1 is 1.06 bits per heavy atom. The van der Waals surface area contributed by atoms with Crippen molar-refractivity contribution in [1.82, 2.24) is 24.3 Å². The van der Waals surface area contributed by atoms with Crippen molar-refractivity contribution >= 4 is 16.7 Å². The molecule has 4 heterocycles. The van der Waals surface area contributed by atoms with Gasteiger partial charge >= 0.3 is 0 Å². The Morgan fingerprint density at radius 2 is 1.82 bits per heavy atom. The van der Waals surface area contributed by atoms with E-state index in [-0.39, 0.29) is 7.43 Å². The van der Waals surface area contributed by atoms with Crippen molar-refractivity contribution in [1.29, 1.82) is 5.26 Å². The van der Waals surface area contributed by atoms with Crippen molar-refractivity contribution in [3.63, 3.8) is 0 Å². The Kier molecular flexibility index (Phi) is 7.49. The maximum atomic E-state index is 9.21. The third kappa shape index (κ3) is 4.47. The summed E-state index contributed by atoms with van der Waals surface area (Å²) < 4.78 is 3.77. The number of anilines is 1. The normalized spacial score (nSPS) is 12.8. The van der Waals surface area contributed by atoms with Crippen LogP contribution < -0.4 is 4.90 Å². The molecule has 5 rings (SSSR count). The van der Waals surface area contributed by atoms with Gasteiger partial charge in [-0.1, -0.05) is 34.3 Å². The molecule has 0 atom stereocenters. The maximum absolute atomic E-state index is 9.21. The van der Waals surface area contributed by atoms with E-state index in [0.717, 1.165) is 53.4 Å². The number of nitriles is 1. The van der Waals surface area contributed by atoms with Crippen molar-refractivity contribution < 1.29 is 0 Å². The first kappa shape index (κ1) is 24.0. The van der Waals surface area contributed by atoms with Crippen LogP contribution in [0.1, 0.15) is 58.0 Å². The van der Waals surface area contributed by atoms with E-state index in [1.165, 1.54) is 18.5 Å². The SMILES string of the molecule is C.CC.CCc1ccc(-n2cnc3cc(N4CCCC4)ccc32)nc1-n1nc(C#N)cc1C. The van der Waals surface area contributed by atoms with E-state index in [2.05, 4.69) is 52.2 Å². The van der Waals surface area contributed by atoms with Gasteiger partial charge in [-0.15, -0.1) is 0 Å². The maximum Gasteiger partial charge on any atom is 0.163 e. The summed E-state index contributed by atoms with van der Waals surface area (Å²) in [6.07, 6.45) is 5.16. The van der Waals surface area contributed by atoms with Crippen LogP contribution in [0.5, 0.6) is 0 Å². The van der Waals surface area contributed by atoms with Gasteiger partial charge in [-0.3, -0.25) is 4.57 Å². The highest BCUT2D eigenvalue weighted by atomic mass is 15.3. The van der Waals surface area contributed by atoms with Crippen molar-refractivity contribution in [2.45, 2.75) is 54.4 Å². The number of aryl methyl sites for hydroxylation is 2. The summed E-state index contributed by atoms with van der Waals surface area (Å²) in [5.74, 6) is 1.54. The lowest BCUT2D eigenvalue weighted by molar-refractivity contribution is 0.790. The molecule has 0 aliphatic carbocycles. The molecule has 33 heavy (non-hydrogen) atoms. The summed E-state index contributed by atoms with van der Waals surface area (Å²) in [7, 11) is 0. The van der Waals surface area contributed by atoms with Crippen LogP contribution in [0.15, 0.2) is 42.7 Å². The van der Waals surface area contributed by atoms with Crippen molar-refractivity contribution in [3.05, 3.63) is 59.7 Å². The van der Waals surface area contributed by atoms with E-state index < -0.39 is 0 Å².